The van der Waals surface area contributed by atoms with Crippen molar-refractivity contribution in [3.63, 3.8) is 0 Å². The molecule has 3 aromatic rings. The van der Waals surface area contributed by atoms with Gasteiger partial charge in [-0.25, -0.2) is 15.0 Å². The Morgan fingerprint density at radius 1 is 1.12 bits per heavy atom. The van der Waals surface area contributed by atoms with E-state index in [-0.39, 0.29) is 5.69 Å². The number of fused-ring (bicyclic) bond motifs is 4. The Morgan fingerprint density at radius 2 is 1.97 bits per heavy atom. The summed E-state index contributed by atoms with van der Waals surface area (Å²) in [5, 5.41) is 9.45. The largest absolute Gasteiger partial charge is 0.416 e. The molecular weight excluding hydrogens is 437 g/mol. The molecule has 0 fully saturated rings. The molecule has 1 aromatic carbocycles. The highest BCUT2D eigenvalue weighted by Gasteiger charge is 2.32. The van der Waals surface area contributed by atoms with Gasteiger partial charge in [0.2, 0.25) is 5.95 Å². The third-order valence-electron chi connectivity index (χ3n) is 5.55. The summed E-state index contributed by atoms with van der Waals surface area (Å²) < 4.78 is 39.6. The lowest BCUT2D eigenvalue weighted by Gasteiger charge is -2.19. The molecule has 3 N–H and O–H groups in total. The molecule has 10 heteroatoms. The minimum atomic E-state index is -4.45. The molecule has 5 rings (SSSR count). The molecule has 32 heavy (non-hydrogen) atoms. The highest BCUT2D eigenvalue weighted by Crippen LogP contribution is 2.38. The van der Waals surface area contributed by atoms with E-state index < -0.39 is 11.7 Å². The number of anilines is 4. The van der Waals surface area contributed by atoms with Crippen LogP contribution < -0.4 is 16.0 Å². The van der Waals surface area contributed by atoms with E-state index in [0.29, 0.717) is 28.6 Å². The molecule has 0 spiro atoms. The zero-order chi connectivity index (χ0) is 22.5. The highest BCUT2D eigenvalue weighted by molar-refractivity contribution is 7.80. The minimum Gasteiger partial charge on any atom is -0.370 e. The first-order valence-electron chi connectivity index (χ1n) is 10.2. The lowest BCUT2D eigenvalue weighted by Crippen LogP contribution is -2.14. The molecule has 0 saturated carbocycles. The molecule has 2 aliphatic heterocycles. The van der Waals surface area contributed by atoms with Gasteiger partial charge in [0.25, 0.3) is 0 Å². The summed E-state index contributed by atoms with van der Waals surface area (Å²) in [6.45, 7) is 2.81. The number of hydrogen-bond acceptors (Lipinski definition) is 6. The minimum absolute atomic E-state index is 0.283. The summed E-state index contributed by atoms with van der Waals surface area (Å²) in [6, 6.07) is 5.58. The molecule has 164 valence electrons. The van der Waals surface area contributed by atoms with Gasteiger partial charge in [-0.2, -0.15) is 13.2 Å². The van der Waals surface area contributed by atoms with E-state index in [4.69, 9.17) is 12.2 Å². The Labute approximate surface area is 187 Å². The molecule has 2 aliphatic rings. The number of halogens is 3. The van der Waals surface area contributed by atoms with Crippen LogP contribution in [0.15, 0.2) is 30.5 Å². The van der Waals surface area contributed by atoms with Gasteiger partial charge in [-0.1, -0.05) is 18.3 Å². The Morgan fingerprint density at radius 3 is 2.78 bits per heavy atom. The average molecular weight is 456 g/mol. The number of aryl methyl sites for hydroxylation is 2. The van der Waals surface area contributed by atoms with Crippen LogP contribution in [-0.2, 0) is 19.0 Å². The number of thiocarbonyl (C=S) groups is 1. The van der Waals surface area contributed by atoms with Crippen molar-refractivity contribution < 1.29 is 13.2 Å². The maximum atomic E-state index is 13.2. The summed E-state index contributed by atoms with van der Waals surface area (Å²) >= 11 is 5.32. The number of nitrogens with zero attached hydrogens (tertiary/aromatic N) is 3. The molecule has 0 saturated heterocycles. The van der Waals surface area contributed by atoms with Crippen LogP contribution in [0.2, 0.25) is 0 Å². The second kappa shape index (κ2) is 7.70. The van der Waals surface area contributed by atoms with Gasteiger partial charge in [-0.15, -0.1) is 0 Å². The number of nitrogens with one attached hydrogen (secondary N) is 3. The fraction of sp³-hybridized carbons (Fsp3) is 0.273. The van der Waals surface area contributed by atoms with Crippen molar-refractivity contribution in [3.8, 4) is 11.3 Å². The van der Waals surface area contributed by atoms with Crippen LogP contribution >= 0.6 is 12.2 Å². The molecular formula is C22H19F3N6S. The van der Waals surface area contributed by atoms with Gasteiger partial charge >= 0.3 is 6.18 Å². The lowest BCUT2D eigenvalue weighted by molar-refractivity contribution is -0.137. The smallest absolute Gasteiger partial charge is 0.370 e. The fourth-order valence-electron chi connectivity index (χ4n) is 3.95. The van der Waals surface area contributed by atoms with Crippen LogP contribution in [0, 0.1) is 6.92 Å². The monoisotopic (exact) mass is 456 g/mol. The van der Waals surface area contributed by atoms with E-state index in [1.165, 1.54) is 6.07 Å². The van der Waals surface area contributed by atoms with E-state index in [2.05, 4.69) is 30.9 Å². The van der Waals surface area contributed by atoms with Crippen LogP contribution in [0.4, 0.5) is 36.3 Å². The third kappa shape index (κ3) is 3.86. The first-order chi connectivity index (χ1) is 15.3. The van der Waals surface area contributed by atoms with Gasteiger partial charge in [0, 0.05) is 36.0 Å². The number of pyridine rings is 1. The second-order valence-corrected chi connectivity index (χ2v) is 8.33. The number of aromatic nitrogens is 3. The first kappa shape index (κ1) is 20.6. The van der Waals surface area contributed by atoms with Gasteiger partial charge in [-0.05, 0) is 43.5 Å². The average Bonchev–Trinajstić information content (AvgIpc) is 2.88. The zero-order valence-corrected chi connectivity index (χ0v) is 17.9. The van der Waals surface area contributed by atoms with Crippen molar-refractivity contribution in [2.45, 2.75) is 32.4 Å². The van der Waals surface area contributed by atoms with E-state index in [1.807, 2.05) is 13.0 Å². The SMILES string of the molecule is Cc1nc2c(cc1Nc1ncc3c(n1)-c1ccc(C(F)(F)F)cc1NC(=S)C3)CCCN2. The number of hydrogen-bond donors (Lipinski definition) is 3. The van der Waals surface area contributed by atoms with Gasteiger partial charge in [0.15, 0.2) is 0 Å². The van der Waals surface area contributed by atoms with Crippen LogP contribution in [0.1, 0.15) is 28.8 Å². The van der Waals surface area contributed by atoms with Crippen molar-refractivity contribution in [3.05, 3.63) is 52.8 Å². The van der Waals surface area contributed by atoms with Crippen molar-refractivity contribution in [2.24, 2.45) is 0 Å². The molecule has 0 aliphatic carbocycles. The molecule has 0 atom stereocenters. The Balaban J connectivity index is 1.54. The third-order valence-corrected chi connectivity index (χ3v) is 5.79. The van der Waals surface area contributed by atoms with Gasteiger partial charge in [-0.3, -0.25) is 0 Å². The maximum absolute atomic E-state index is 13.2. The molecule has 0 unspecified atom stereocenters. The van der Waals surface area contributed by atoms with Crippen molar-refractivity contribution >= 4 is 40.3 Å². The van der Waals surface area contributed by atoms with Gasteiger partial charge in [0.05, 0.1) is 27.6 Å². The molecule has 0 bridgehead atoms. The Hall–Kier alpha value is -3.27. The van der Waals surface area contributed by atoms with Gasteiger partial charge < -0.3 is 16.0 Å². The standard InChI is InChI=1S/C22H19F3N6S/c1-11-16(7-12-3-2-6-26-20(12)28-11)30-21-27-10-13-8-18(32)29-17-9-14(22(23,24)25)4-5-15(17)19(13)31-21/h4-5,7,9-10H,2-3,6,8H2,1H3,(H,26,28)(H,29,32)(H,27,30,31). The quantitative estimate of drug-likeness (QED) is 0.454. The molecule has 0 radical (unpaired) electrons. The van der Waals surface area contributed by atoms with Crippen LogP contribution in [0.25, 0.3) is 11.3 Å². The Bertz CT molecular complexity index is 1240. The normalized spacial score (nSPS) is 14.9. The summed E-state index contributed by atoms with van der Waals surface area (Å²) in [4.78, 5) is 14.1. The predicted molar refractivity (Wildman–Crippen MR) is 121 cm³/mol. The fourth-order valence-corrected chi connectivity index (χ4v) is 4.22. The van der Waals surface area contributed by atoms with Crippen LogP contribution in [0.3, 0.4) is 0 Å². The van der Waals surface area contributed by atoms with Crippen LogP contribution in [-0.4, -0.2) is 26.5 Å². The molecule has 4 heterocycles. The van der Waals surface area contributed by atoms with Crippen molar-refractivity contribution in [1.82, 2.24) is 15.0 Å². The van der Waals surface area contributed by atoms with Crippen LogP contribution in [0.5, 0.6) is 0 Å². The highest BCUT2D eigenvalue weighted by atomic mass is 32.1. The van der Waals surface area contributed by atoms with E-state index >= 15 is 0 Å². The Kier molecular flexibility index (Phi) is 4.96. The van der Waals surface area contributed by atoms with Gasteiger partial charge in [0.1, 0.15) is 5.82 Å². The summed E-state index contributed by atoms with van der Waals surface area (Å²) in [6.07, 6.45) is -0.471. The van der Waals surface area contributed by atoms with E-state index in [1.54, 1.807) is 6.20 Å². The topological polar surface area (TPSA) is 74.8 Å². The van der Waals surface area contributed by atoms with E-state index in [0.717, 1.165) is 59.8 Å². The number of benzene rings is 1. The zero-order valence-electron chi connectivity index (χ0n) is 17.1. The number of rotatable bonds is 2. The summed E-state index contributed by atoms with van der Waals surface area (Å²) in [5.41, 5.74) is 4.09. The molecule has 0 amide bonds. The summed E-state index contributed by atoms with van der Waals surface area (Å²) in [7, 11) is 0. The number of alkyl halides is 3. The molecule has 2 aromatic heterocycles. The first-order valence-corrected chi connectivity index (χ1v) is 10.6. The van der Waals surface area contributed by atoms with Crippen molar-refractivity contribution in [2.75, 3.05) is 22.5 Å². The summed E-state index contributed by atoms with van der Waals surface area (Å²) in [5.74, 6) is 1.24. The molecule has 6 nitrogen and oxygen atoms in total. The second-order valence-electron chi connectivity index (χ2n) is 7.83. The predicted octanol–water partition coefficient (Wildman–Crippen LogP) is 5.26. The van der Waals surface area contributed by atoms with Crippen molar-refractivity contribution in [1.29, 1.82) is 0 Å². The lowest BCUT2D eigenvalue weighted by atomic mass is 10.0. The maximum Gasteiger partial charge on any atom is 0.416 e. The van der Waals surface area contributed by atoms with E-state index in [9.17, 15) is 13.2 Å².